The average Bonchev–Trinajstić information content (AvgIpc) is 3.48. The Morgan fingerprint density at radius 2 is 1.70 bits per heavy atom. The molecule has 2 fully saturated rings. The summed E-state index contributed by atoms with van der Waals surface area (Å²) in [6.07, 6.45) is 3.67. The molecule has 0 unspecified atom stereocenters. The van der Waals surface area contributed by atoms with Gasteiger partial charge in [0.25, 0.3) is 0 Å². The number of anilines is 3. The molecule has 2 atom stereocenters. The zero-order valence-corrected chi connectivity index (χ0v) is 20.2. The number of fused-ring (bicyclic) bond motifs is 1. The molecule has 4 heterocycles. The van der Waals surface area contributed by atoms with Crippen LogP contribution in [0.15, 0.2) is 24.3 Å². The largest absolute Gasteiger partial charge is 0.454 e. The van der Waals surface area contributed by atoms with Crippen LogP contribution < -0.4 is 29.9 Å². The van der Waals surface area contributed by atoms with E-state index in [2.05, 4.69) is 40.3 Å². The highest BCUT2D eigenvalue weighted by atomic mass is 32.1. The maximum Gasteiger partial charge on any atom is 0.232 e. The van der Waals surface area contributed by atoms with Crippen molar-refractivity contribution in [3.8, 4) is 11.5 Å². The van der Waals surface area contributed by atoms with Crippen molar-refractivity contribution in [3.63, 3.8) is 0 Å². The molecule has 0 aliphatic carbocycles. The second kappa shape index (κ2) is 9.59. The maximum atomic E-state index is 5.56. The van der Waals surface area contributed by atoms with Crippen molar-refractivity contribution < 1.29 is 9.47 Å². The van der Waals surface area contributed by atoms with Crippen LogP contribution in [-0.2, 0) is 6.54 Å². The zero-order valence-electron chi connectivity index (χ0n) is 19.3. The van der Waals surface area contributed by atoms with Gasteiger partial charge in [0.2, 0.25) is 12.7 Å². The van der Waals surface area contributed by atoms with Crippen LogP contribution in [0.1, 0.15) is 38.7 Å². The smallest absolute Gasteiger partial charge is 0.232 e. The van der Waals surface area contributed by atoms with E-state index in [1.807, 2.05) is 18.2 Å². The molecule has 33 heavy (non-hydrogen) atoms. The molecule has 0 amide bonds. The van der Waals surface area contributed by atoms with Crippen molar-refractivity contribution in [2.24, 2.45) is 11.8 Å². The fourth-order valence-corrected chi connectivity index (χ4v) is 5.14. The van der Waals surface area contributed by atoms with Gasteiger partial charge in [-0.2, -0.15) is 9.97 Å². The SMILES string of the molecule is C[C@@H]1C[C@@H](C)CN(c2cc(N3CCCC3)nc(NC(=S)NCc3ccc4c(c3)OCO4)n2)C1. The second-order valence-corrected chi connectivity index (χ2v) is 9.86. The van der Waals surface area contributed by atoms with Crippen molar-refractivity contribution in [1.82, 2.24) is 15.3 Å². The van der Waals surface area contributed by atoms with Crippen molar-refractivity contribution in [3.05, 3.63) is 29.8 Å². The Labute approximate surface area is 200 Å². The number of hydrogen-bond acceptors (Lipinski definition) is 7. The monoisotopic (exact) mass is 468 g/mol. The molecule has 2 aromatic rings. The Hall–Kier alpha value is -2.81. The first-order valence-corrected chi connectivity index (χ1v) is 12.3. The highest BCUT2D eigenvalue weighted by Gasteiger charge is 2.25. The molecule has 3 aliphatic rings. The van der Waals surface area contributed by atoms with Gasteiger partial charge in [-0.1, -0.05) is 19.9 Å². The van der Waals surface area contributed by atoms with Gasteiger partial charge in [0.15, 0.2) is 16.6 Å². The first kappa shape index (κ1) is 22.0. The fourth-order valence-electron chi connectivity index (χ4n) is 4.98. The average molecular weight is 469 g/mol. The summed E-state index contributed by atoms with van der Waals surface area (Å²) in [5.41, 5.74) is 1.06. The van der Waals surface area contributed by atoms with E-state index in [1.165, 1.54) is 19.3 Å². The number of hydrogen-bond donors (Lipinski definition) is 2. The molecule has 0 bridgehead atoms. The molecule has 176 valence electrons. The molecule has 9 heteroatoms. The summed E-state index contributed by atoms with van der Waals surface area (Å²) in [7, 11) is 0. The Morgan fingerprint density at radius 1 is 1.00 bits per heavy atom. The maximum absolute atomic E-state index is 5.56. The van der Waals surface area contributed by atoms with Gasteiger partial charge in [-0.3, -0.25) is 0 Å². The third-order valence-corrected chi connectivity index (χ3v) is 6.68. The lowest BCUT2D eigenvalue weighted by atomic mass is 9.92. The summed E-state index contributed by atoms with van der Waals surface area (Å²) in [6.45, 7) is 9.60. The topological polar surface area (TPSA) is 74.8 Å². The van der Waals surface area contributed by atoms with E-state index in [9.17, 15) is 0 Å². The number of aromatic nitrogens is 2. The first-order chi connectivity index (χ1) is 16.0. The molecular weight excluding hydrogens is 436 g/mol. The molecule has 8 nitrogen and oxygen atoms in total. The summed E-state index contributed by atoms with van der Waals surface area (Å²) in [5, 5.41) is 6.97. The number of benzene rings is 1. The van der Waals surface area contributed by atoms with Gasteiger partial charge in [0, 0.05) is 38.8 Å². The molecule has 1 aromatic carbocycles. The van der Waals surface area contributed by atoms with Crippen molar-refractivity contribution >= 4 is 34.9 Å². The lowest BCUT2D eigenvalue weighted by Gasteiger charge is -2.36. The van der Waals surface area contributed by atoms with Gasteiger partial charge in [-0.05, 0) is 61.0 Å². The van der Waals surface area contributed by atoms with Gasteiger partial charge in [0.05, 0.1) is 0 Å². The first-order valence-electron chi connectivity index (χ1n) is 11.9. The van der Waals surface area contributed by atoms with E-state index in [0.717, 1.165) is 54.9 Å². The molecule has 2 N–H and O–H groups in total. The second-order valence-electron chi connectivity index (χ2n) is 9.45. The van der Waals surface area contributed by atoms with Crippen molar-refractivity contribution in [1.29, 1.82) is 0 Å². The minimum Gasteiger partial charge on any atom is -0.454 e. The van der Waals surface area contributed by atoms with Crippen LogP contribution in [0.3, 0.4) is 0 Å². The molecule has 0 spiro atoms. The summed E-state index contributed by atoms with van der Waals surface area (Å²) in [5.74, 6) is 5.35. The highest BCUT2D eigenvalue weighted by molar-refractivity contribution is 7.80. The van der Waals surface area contributed by atoms with Crippen molar-refractivity contribution in [2.45, 2.75) is 39.7 Å². The van der Waals surface area contributed by atoms with Gasteiger partial charge in [-0.15, -0.1) is 0 Å². The van der Waals surface area contributed by atoms with Gasteiger partial charge < -0.3 is 29.9 Å². The normalized spacial score (nSPS) is 21.9. The predicted octanol–water partition coefficient (Wildman–Crippen LogP) is 3.77. The Bertz CT molecular complexity index is 1000. The summed E-state index contributed by atoms with van der Waals surface area (Å²) < 4.78 is 10.8. The van der Waals surface area contributed by atoms with Gasteiger partial charge in [-0.25, -0.2) is 0 Å². The Morgan fingerprint density at radius 3 is 2.45 bits per heavy atom. The Balaban J connectivity index is 1.29. The third-order valence-electron chi connectivity index (χ3n) is 6.44. The zero-order chi connectivity index (χ0) is 22.8. The van der Waals surface area contributed by atoms with Crippen LogP contribution in [0.2, 0.25) is 0 Å². The molecule has 1 aromatic heterocycles. The molecule has 5 rings (SSSR count). The summed E-state index contributed by atoms with van der Waals surface area (Å²) in [4.78, 5) is 14.4. The number of rotatable bonds is 5. The molecule has 3 aliphatic heterocycles. The summed E-state index contributed by atoms with van der Waals surface area (Å²) >= 11 is 5.56. The third kappa shape index (κ3) is 5.24. The van der Waals surface area contributed by atoms with E-state index in [4.69, 9.17) is 31.7 Å². The van der Waals surface area contributed by atoms with Gasteiger partial charge in [0.1, 0.15) is 11.6 Å². The molecule has 2 saturated heterocycles. The standard InChI is InChI=1S/C24H32N6O2S/c1-16-9-17(2)14-30(13-16)22-11-21(29-7-3-4-8-29)26-23(27-22)28-24(33)25-12-18-5-6-19-20(10-18)32-15-31-19/h5-6,10-11,16-17H,3-4,7-9,12-15H2,1-2H3,(H2,25,26,27,28,33)/t16-,17-/m1/s1. The van der Waals surface area contributed by atoms with Crippen LogP contribution in [0.4, 0.5) is 17.6 Å². The summed E-state index contributed by atoms with van der Waals surface area (Å²) in [6, 6.07) is 8.04. The number of ether oxygens (including phenoxy) is 2. The predicted molar refractivity (Wildman–Crippen MR) is 134 cm³/mol. The number of nitrogens with zero attached hydrogens (tertiary/aromatic N) is 4. The lowest BCUT2D eigenvalue weighted by molar-refractivity contribution is 0.174. The molecular formula is C24H32N6O2S. The Kier molecular flexibility index (Phi) is 6.39. The molecule has 0 radical (unpaired) electrons. The highest BCUT2D eigenvalue weighted by Crippen LogP contribution is 2.32. The van der Waals surface area contributed by atoms with Crippen molar-refractivity contribution in [2.75, 3.05) is 48.1 Å². The van der Waals surface area contributed by atoms with Crippen LogP contribution >= 0.6 is 12.2 Å². The van der Waals surface area contributed by atoms with Crippen LogP contribution in [-0.4, -0.2) is 48.1 Å². The minimum absolute atomic E-state index is 0.272. The van der Waals surface area contributed by atoms with E-state index >= 15 is 0 Å². The fraction of sp³-hybridized carbons (Fsp3) is 0.542. The quantitative estimate of drug-likeness (QED) is 0.638. The van der Waals surface area contributed by atoms with E-state index in [1.54, 1.807) is 0 Å². The minimum atomic E-state index is 0.272. The van der Waals surface area contributed by atoms with E-state index < -0.39 is 0 Å². The van der Waals surface area contributed by atoms with Crippen LogP contribution in [0, 0.1) is 11.8 Å². The number of thiocarbonyl (C=S) groups is 1. The van der Waals surface area contributed by atoms with E-state index in [0.29, 0.717) is 29.4 Å². The van der Waals surface area contributed by atoms with Crippen LogP contribution in [0.5, 0.6) is 11.5 Å². The number of nitrogens with one attached hydrogen (secondary N) is 2. The number of piperidine rings is 1. The van der Waals surface area contributed by atoms with Crippen LogP contribution in [0.25, 0.3) is 0 Å². The van der Waals surface area contributed by atoms with E-state index in [-0.39, 0.29) is 6.79 Å². The lowest BCUT2D eigenvalue weighted by Crippen LogP contribution is -2.39. The van der Waals surface area contributed by atoms with Gasteiger partial charge >= 0.3 is 0 Å². The molecule has 0 saturated carbocycles.